The number of aliphatic imine (C=N–C) groups is 1. The molecule has 27 heavy (non-hydrogen) atoms. The van der Waals surface area contributed by atoms with Crippen molar-refractivity contribution in [2.45, 2.75) is 19.8 Å². The molecular weight excluding hydrogens is 336 g/mol. The number of phenols is 1. The van der Waals surface area contributed by atoms with E-state index >= 15 is 0 Å². The van der Waals surface area contributed by atoms with Crippen LogP contribution in [0.5, 0.6) is 5.75 Å². The fourth-order valence-electron chi connectivity index (χ4n) is 3.49. The molecule has 0 saturated carbocycles. The van der Waals surface area contributed by atoms with E-state index in [0.717, 1.165) is 51.5 Å². The molecule has 2 aromatic carbocycles. The number of piperazine rings is 1. The summed E-state index contributed by atoms with van der Waals surface area (Å²) in [5.41, 5.74) is 3.86. The van der Waals surface area contributed by atoms with Crippen LogP contribution in [-0.4, -0.2) is 55.7 Å². The Labute approximate surface area is 162 Å². The van der Waals surface area contributed by atoms with Gasteiger partial charge in [-0.25, -0.2) is 0 Å². The standard InChI is InChI=1S/C22H30N4O/c1-18-5-3-7-20(17-18)25-13-15-26(16-14-25)22(23-2)24-12-4-6-19-8-10-21(27)11-9-19/h3,5,7-11,17,27H,4,6,12-16H2,1-2H3,(H,23,24). The monoisotopic (exact) mass is 366 g/mol. The zero-order valence-electron chi connectivity index (χ0n) is 16.4. The molecule has 144 valence electrons. The Kier molecular flexibility index (Phi) is 6.58. The normalized spacial score (nSPS) is 15.1. The van der Waals surface area contributed by atoms with Crippen LogP contribution in [-0.2, 0) is 6.42 Å². The fraction of sp³-hybridized carbons (Fsp3) is 0.409. The van der Waals surface area contributed by atoms with Gasteiger partial charge in [-0.3, -0.25) is 4.99 Å². The van der Waals surface area contributed by atoms with Crippen LogP contribution in [0.1, 0.15) is 17.5 Å². The fourth-order valence-corrected chi connectivity index (χ4v) is 3.49. The zero-order valence-corrected chi connectivity index (χ0v) is 16.4. The molecule has 2 aromatic rings. The SMILES string of the molecule is CN=C(NCCCc1ccc(O)cc1)N1CCN(c2cccc(C)c2)CC1. The first kappa shape index (κ1) is 19.1. The number of benzene rings is 2. The van der Waals surface area contributed by atoms with Crippen molar-refractivity contribution in [2.75, 3.05) is 44.7 Å². The maximum atomic E-state index is 9.35. The molecular formula is C22H30N4O. The molecule has 1 aliphatic heterocycles. The number of rotatable bonds is 5. The van der Waals surface area contributed by atoms with Crippen molar-refractivity contribution in [3.8, 4) is 5.75 Å². The van der Waals surface area contributed by atoms with Crippen LogP contribution >= 0.6 is 0 Å². The number of phenolic OH excluding ortho intramolecular Hbond substituents is 1. The van der Waals surface area contributed by atoms with E-state index < -0.39 is 0 Å². The molecule has 1 aliphatic rings. The van der Waals surface area contributed by atoms with E-state index in [2.05, 4.69) is 51.3 Å². The van der Waals surface area contributed by atoms with Crippen molar-refractivity contribution in [1.29, 1.82) is 0 Å². The molecule has 0 atom stereocenters. The minimum Gasteiger partial charge on any atom is -0.508 e. The summed E-state index contributed by atoms with van der Waals surface area (Å²) in [5, 5.41) is 12.8. The second-order valence-electron chi connectivity index (χ2n) is 7.06. The summed E-state index contributed by atoms with van der Waals surface area (Å²) < 4.78 is 0. The summed E-state index contributed by atoms with van der Waals surface area (Å²) in [4.78, 5) is 9.25. The van der Waals surface area contributed by atoms with Gasteiger partial charge in [0.2, 0.25) is 0 Å². The lowest BCUT2D eigenvalue weighted by atomic mass is 10.1. The van der Waals surface area contributed by atoms with Gasteiger partial charge in [-0.05, 0) is 55.2 Å². The molecule has 0 bridgehead atoms. The molecule has 2 N–H and O–H groups in total. The molecule has 0 radical (unpaired) electrons. The molecule has 5 heteroatoms. The smallest absolute Gasteiger partial charge is 0.193 e. The molecule has 1 saturated heterocycles. The average Bonchev–Trinajstić information content (AvgIpc) is 2.70. The van der Waals surface area contributed by atoms with E-state index in [1.807, 2.05) is 19.2 Å². The van der Waals surface area contributed by atoms with Crippen molar-refractivity contribution < 1.29 is 5.11 Å². The van der Waals surface area contributed by atoms with Gasteiger partial charge in [-0.2, -0.15) is 0 Å². The highest BCUT2D eigenvalue weighted by Crippen LogP contribution is 2.18. The van der Waals surface area contributed by atoms with Crippen LogP contribution in [0.15, 0.2) is 53.5 Å². The second kappa shape index (κ2) is 9.31. The highest BCUT2D eigenvalue weighted by Gasteiger charge is 2.19. The minimum atomic E-state index is 0.321. The molecule has 1 heterocycles. The lowest BCUT2D eigenvalue weighted by Gasteiger charge is -2.37. The largest absolute Gasteiger partial charge is 0.508 e. The number of nitrogens with zero attached hydrogens (tertiary/aromatic N) is 3. The van der Waals surface area contributed by atoms with Gasteiger partial charge in [0.05, 0.1) is 0 Å². The number of hydrogen-bond donors (Lipinski definition) is 2. The Morgan fingerprint density at radius 1 is 1.07 bits per heavy atom. The van der Waals surface area contributed by atoms with Crippen molar-refractivity contribution in [2.24, 2.45) is 4.99 Å². The number of nitrogens with one attached hydrogen (secondary N) is 1. The maximum absolute atomic E-state index is 9.35. The summed E-state index contributed by atoms with van der Waals surface area (Å²) in [6.07, 6.45) is 2.03. The maximum Gasteiger partial charge on any atom is 0.193 e. The van der Waals surface area contributed by atoms with Crippen LogP contribution in [0.25, 0.3) is 0 Å². The molecule has 3 rings (SSSR count). The Morgan fingerprint density at radius 3 is 2.48 bits per heavy atom. The first-order valence-electron chi connectivity index (χ1n) is 9.71. The number of hydrogen-bond acceptors (Lipinski definition) is 3. The third-order valence-corrected chi connectivity index (χ3v) is 5.02. The Hall–Kier alpha value is -2.69. The number of anilines is 1. The molecule has 0 spiro atoms. The molecule has 5 nitrogen and oxygen atoms in total. The van der Waals surface area contributed by atoms with Gasteiger partial charge >= 0.3 is 0 Å². The first-order valence-corrected chi connectivity index (χ1v) is 9.71. The highest BCUT2D eigenvalue weighted by molar-refractivity contribution is 5.80. The summed E-state index contributed by atoms with van der Waals surface area (Å²) in [5.74, 6) is 1.31. The lowest BCUT2D eigenvalue weighted by molar-refractivity contribution is 0.372. The summed E-state index contributed by atoms with van der Waals surface area (Å²) >= 11 is 0. The van der Waals surface area contributed by atoms with E-state index in [1.54, 1.807) is 12.1 Å². The topological polar surface area (TPSA) is 51.1 Å². The van der Waals surface area contributed by atoms with Gasteiger partial charge < -0.3 is 20.2 Å². The van der Waals surface area contributed by atoms with E-state index in [4.69, 9.17) is 0 Å². The molecule has 0 amide bonds. The molecule has 0 aliphatic carbocycles. The first-order chi connectivity index (χ1) is 13.2. The summed E-state index contributed by atoms with van der Waals surface area (Å²) in [6.45, 7) is 7.02. The predicted molar refractivity (Wildman–Crippen MR) is 113 cm³/mol. The zero-order chi connectivity index (χ0) is 19.1. The van der Waals surface area contributed by atoms with E-state index in [9.17, 15) is 5.11 Å². The molecule has 1 fully saturated rings. The quantitative estimate of drug-likeness (QED) is 0.485. The van der Waals surface area contributed by atoms with Gasteiger partial charge in [-0.15, -0.1) is 0 Å². The van der Waals surface area contributed by atoms with E-state index in [-0.39, 0.29) is 0 Å². The van der Waals surface area contributed by atoms with Gasteiger partial charge in [0, 0.05) is 45.5 Å². The lowest BCUT2D eigenvalue weighted by Crippen LogP contribution is -2.52. The van der Waals surface area contributed by atoms with Gasteiger partial charge in [0.25, 0.3) is 0 Å². The summed E-state index contributed by atoms with van der Waals surface area (Å²) in [6, 6.07) is 16.2. The minimum absolute atomic E-state index is 0.321. The Morgan fingerprint density at radius 2 is 1.81 bits per heavy atom. The van der Waals surface area contributed by atoms with E-state index in [1.165, 1.54) is 16.8 Å². The molecule has 0 aromatic heterocycles. The van der Waals surface area contributed by atoms with Crippen molar-refractivity contribution in [3.05, 3.63) is 59.7 Å². The van der Waals surface area contributed by atoms with Crippen LogP contribution in [0.4, 0.5) is 5.69 Å². The third-order valence-electron chi connectivity index (χ3n) is 5.02. The number of aryl methyl sites for hydroxylation is 2. The third kappa shape index (κ3) is 5.39. The van der Waals surface area contributed by atoms with Crippen molar-refractivity contribution >= 4 is 11.6 Å². The Balaban J connectivity index is 1.43. The highest BCUT2D eigenvalue weighted by atomic mass is 16.3. The van der Waals surface area contributed by atoms with Gasteiger partial charge in [-0.1, -0.05) is 24.3 Å². The van der Waals surface area contributed by atoms with Crippen molar-refractivity contribution in [3.63, 3.8) is 0 Å². The van der Waals surface area contributed by atoms with Gasteiger partial charge in [0.15, 0.2) is 5.96 Å². The van der Waals surface area contributed by atoms with Crippen LogP contribution in [0, 0.1) is 6.92 Å². The van der Waals surface area contributed by atoms with Crippen LogP contribution in [0.3, 0.4) is 0 Å². The average molecular weight is 367 g/mol. The predicted octanol–water partition coefficient (Wildman–Crippen LogP) is 3.03. The van der Waals surface area contributed by atoms with Gasteiger partial charge in [0.1, 0.15) is 5.75 Å². The second-order valence-corrected chi connectivity index (χ2v) is 7.06. The van der Waals surface area contributed by atoms with Crippen LogP contribution < -0.4 is 10.2 Å². The van der Waals surface area contributed by atoms with Crippen molar-refractivity contribution in [1.82, 2.24) is 10.2 Å². The number of aromatic hydroxyl groups is 1. The van der Waals surface area contributed by atoms with Crippen LogP contribution in [0.2, 0.25) is 0 Å². The van der Waals surface area contributed by atoms with E-state index in [0.29, 0.717) is 5.75 Å². The number of guanidine groups is 1. The Bertz CT molecular complexity index is 749. The summed E-state index contributed by atoms with van der Waals surface area (Å²) in [7, 11) is 1.86. The molecule has 0 unspecified atom stereocenters.